The molecule has 0 atom stereocenters. The van der Waals surface area contributed by atoms with Crippen LogP contribution in [-0.4, -0.2) is 32.1 Å². The highest BCUT2D eigenvalue weighted by Crippen LogP contribution is 2.30. The molecule has 6 nitrogen and oxygen atoms in total. The van der Waals surface area contributed by atoms with E-state index < -0.39 is 0 Å². The first-order valence-electron chi connectivity index (χ1n) is 10.3. The SMILES string of the molecule is COc1ccc(C(=O)N2CCc3ccc(CNC(=O)COc4ccc(Cl)cc4)cc32)cc1. The number of nitrogens with zero attached hydrogens (tertiary/aromatic N) is 1. The second-order valence-corrected chi connectivity index (χ2v) is 7.85. The molecule has 3 aromatic carbocycles. The summed E-state index contributed by atoms with van der Waals surface area (Å²) < 4.78 is 10.6. The average molecular weight is 451 g/mol. The second-order valence-electron chi connectivity index (χ2n) is 7.42. The van der Waals surface area contributed by atoms with Crippen LogP contribution in [0.5, 0.6) is 11.5 Å². The Bertz CT molecular complexity index is 1110. The minimum atomic E-state index is -0.230. The van der Waals surface area contributed by atoms with E-state index >= 15 is 0 Å². The third kappa shape index (κ3) is 5.03. The molecular formula is C25H23ClN2O4. The molecule has 3 aromatic rings. The van der Waals surface area contributed by atoms with Gasteiger partial charge in [0.05, 0.1) is 7.11 Å². The van der Waals surface area contributed by atoms with Crippen molar-refractivity contribution >= 4 is 29.1 Å². The van der Waals surface area contributed by atoms with Gasteiger partial charge in [0.1, 0.15) is 11.5 Å². The predicted octanol–water partition coefficient (Wildman–Crippen LogP) is 4.25. The summed E-state index contributed by atoms with van der Waals surface area (Å²) in [6.45, 7) is 0.889. The van der Waals surface area contributed by atoms with Gasteiger partial charge in [0.2, 0.25) is 0 Å². The van der Waals surface area contributed by atoms with Crippen LogP contribution in [0.15, 0.2) is 66.7 Å². The first kappa shape index (κ1) is 21.7. The van der Waals surface area contributed by atoms with Gasteiger partial charge in [-0.15, -0.1) is 0 Å². The Morgan fingerprint density at radius 2 is 1.72 bits per heavy atom. The van der Waals surface area contributed by atoms with E-state index in [-0.39, 0.29) is 18.4 Å². The highest BCUT2D eigenvalue weighted by atomic mass is 35.5. The number of anilines is 1. The molecule has 0 bridgehead atoms. The molecule has 2 amide bonds. The van der Waals surface area contributed by atoms with Crippen molar-refractivity contribution in [2.75, 3.05) is 25.2 Å². The molecular weight excluding hydrogens is 428 g/mol. The van der Waals surface area contributed by atoms with Gasteiger partial charge >= 0.3 is 0 Å². The molecule has 4 rings (SSSR count). The summed E-state index contributed by atoms with van der Waals surface area (Å²) in [5.41, 5.74) is 3.53. The summed E-state index contributed by atoms with van der Waals surface area (Å²) in [4.78, 5) is 27.0. The summed E-state index contributed by atoms with van der Waals surface area (Å²) in [6.07, 6.45) is 0.804. The number of benzene rings is 3. The Morgan fingerprint density at radius 1 is 1.00 bits per heavy atom. The lowest BCUT2D eigenvalue weighted by molar-refractivity contribution is -0.123. The molecule has 0 fully saturated rings. The van der Waals surface area contributed by atoms with Gasteiger partial charge in [-0.25, -0.2) is 0 Å². The molecule has 32 heavy (non-hydrogen) atoms. The van der Waals surface area contributed by atoms with Gasteiger partial charge in [-0.3, -0.25) is 9.59 Å². The molecule has 0 unspecified atom stereocenters. The number of carbonyl (C=O) groups excluding carboxylic acids is 2. The second kappa shape index (κ2) is 9.75. The van der Waals surface area contributed by atoms with Crippen molar-refractivity contribution < 1.29 is 19.1 Å². The van der Waals surface area contributed by atoms with Gasteiger partial charge in [-0.1, -0.05) is 23.7 Å². The molecule has 0 saturated carbocycles. The maximum atomic E-state index is 13.0. The highest BCUT2D eigenvalue weighted by molar-refractivity contribution is 6.30. The summed E-state index contributed by atoms with van der Waals surface area (Å²) in [6, 6.07) is 19.9. The zero-order valence-electron chi connectivity index (χ0n) is 17.6. The van der Waals surface area contributed by atoms with Crippen LogP contribution in [0.25, 0.3) is 0 Å². The summed E-state index contributed by atoms with van der Waals surface area (Å²) in [7, 11) is 1.59. The van der Waals surface area contributed by atoms with E-state index in [0.717, 1.165) is 23.2 Å². The zero-order valence-corrected chi connectivity index (χ0v) is 18.4. The van der Waals surface area contributed by atoms with Gasteiger partial charge < -0.3 is 19.7 Å². The predicted molar refractivity (Wildman–Crippen MR) is 124 cm³/mol. The molecule has 1 aliphatic rings. The van der Waals surface area contributed by atoms with Crippen molar-refractivity contribution in [2.45, 2.75) is 13.0 Å². The molecule has 7 heteroatoms. The maximum absolute atomic E-state index is 13.0. The number of nitrogens with one attached hydrogen (secondary N) is 1. The van der Waals surface area contributed by atoms with E-state index in [9.17, 15) is 9.59 Å². The summed E-state index contributed by atoms with van der Waals surface area (Å²) in [5, 5.41) is 3.46. The van der Waals surface area contributed by atoms with Gasteiger partial charge in [0, 0.05) is 29.4 Å². The van der Waals surface area contributed by atoms with Crippen LogP contribution in [0, 0.1) is 0 Å². The maximum Gasteiger partial charge on any atom is 0.258 e. The normalized spacial score (nSPS) is 12.2. The number of methoxy groups -OCH3 is 1. The van der Waals surface area contributed by atoms with Crippen LogP contribution >= 0.6 is 11.6 Å². The molecule has 0 aliphatic carbocycles. The van der Waals surface area contributed by atoms with Gasteiger partial charge in [0.25, 0.3) is 11.8 Å². The lowest BCUT2D eigenvalue weighted by Gasteiger charge is -2.18. The number of ether oxygens (including phenoxy) is 2. The van der Waals surface area contributed by atoms with E-state index in [0.29, 0.717) is 35.2 Å². The van der Waals surface area contributed by atoms with Crippen molar-refractivity contribution in [3.05, 3.63) is 88.4 Å². The molecule has 0 radical (unpaired) electrons. The Balaban J connectivity index is 1.37. The molecule has 1 N–H and O–H groups in total. The lowest BCUT2D eigenvalue weighted by atomic mass is 10.1. The highest BCUT2D eigenvalue weighted by Gasteiger charge is 2.26. The van der Waals surface area contributed by atoms with Crippen LogP contribution in [-0.2, 0) is 17.8 Å². The van der Waals surface area contributed by atoms with E-state index in [1.54, 1.807) is 60.5 Å². The Morgan fingerprint density at radius 3 is 2.44 bits per heavy atom. The van der Waals surface area contributed by atoms with Crippen LogP contribution in [0.2, 0.25) is 5.02 Å². The van der Waals surface area contributed by atoms with Crippen molar-refractivity contribution in [2.24, 2.45) is 0 Å². The quantitative estimate of drug-likeness (QED) is 0.584. The first-order valence-corrected chi connectivity index (χ1v) is 10.6. The first-order chi connectivity index (χ1) is 15.5. The van der Waals surface area contributed by atoms with Crippen molar-refractivity contribution in [1.29, 1.82) is 0 Å². The standard InChI is InChI=1S/C25H23ClN2O4/c1-31-21-8-4-19(5-9-21)25(30)28-13-12-18-3-2-17(14-23(18)28)15-27-24(29)16-32-22-10-6-20(26)7-11-22/h2-11,14H,12-13,15-16H2,1H3,(H,27,29). The molecule has 1 aliphatic heterocycles. The molecule has 1 heterocycles. The van der Waals surface area contributed by atoms with Crippen LogP contribution < -0.4 is 19.7 Å². The zero-order chi connectivity index (χ0) is 22.5. The average Bonchev–Trinajstić information content (AvgIpc) is 3.25. The van der Waals surface area contributed by atoms with E-state index in [1.807, 2.05) is 18.2 Å². The van der Waals surface area contributed by atoms with Crippen LogP contribution in [0.4, 0.5) is 5.69 Å². The fourth-order valence-corrected chi connectivity index (χ4v) is 3.69. The van der Waals surface area contributed by atoms with Gasteiger partial charge in [0.15, 0.2) is 6.61 Å². The van der Waals surface area contributed by atoms with Crippen LogP contribution in [0.3, 0.4) is 0 Å². The number of amides is 2. The number of halogens is 1. The van der Waals surface area contributed by atoms with E-state index in [4.69, 9.17) is 21.1 Å². The molecule has 164 valence electrons. The third-order valence-corrected chi connectivity index (χ3v) is 5.55. The summed E-state index contributed by atoms with van der Waals surface area (Å²) in [5.74, 6) is 1.01. The van der Waals surface area contributed by atoms with Gasteiger partial charge in [-0.05, 0) is 72.1 Å². The molecule has 0 spiro atoms. The van der Waals surface area contributed by atoms with E-state index in [2.05, 4.69) is 5.32 Å². The fourth-order valence-electron chi connectivity index (χ4n) is 3.57. The largest absolute Gasteiger partial charge is 0.497 e. The number of carbonyl (C=O) groups is 2. The van der Waals surface area contributed by atoms with Gasteiger partial charge in [-0.2, -0.15) is 0 Å². The lowest BCUT2D eigenvalue weighted by Crippen LogP contribution is -2.29. The van der Waals surface area contributed by atoms with Crippen LogP contribution in [0.1, 0.15) is 21.5 Å². The smallest absolute Gasteiger partial charge is 0.258 e. The number of rotatable bonds is 7. The van der Waals surface area contributed by atoms with Crippen molar-refractivity contribution in [3.8, 4) is 11.5 Å². The number of hydrogen-bond donors (Lipinski definition) is 1. The topological polar surface area (TPSA) is 67.9 Å². The van der Waals surface area contributed by atoms with Crippen molar-refractivity contribution in [1.82, 2.24) is 5.32 Å². The van der Waals surface area contributed by atoms with E-state index in [1.165, 1.54) is 0 Å². The van der Waals surface area contributed by atoms with Crippen molar-refractivity contribution in [3.63, 3.8) is 0 Å². The molecule has 0 aromatic heterocycles. The Kier molecular flexibility index (Phi) is 6.61. The minimum Gasteiger partial charge on any atom is -0.497 e. The Hall–Kier alpha value is -3.51. The monoisotopic (exact) mass is 450 g/mol. The Labute approximate surface area is 191 Å². The third-order valence-electron chi connectivity index (χ3n) is 5.30. The number of hydrogen-bond acceptors (Lipinski definition) is 4. The minimum absolute atomic E-state index is 0.0519. The summed E-state index contributed by atoms with van der Waals surface area (Å²) >= 11 is 5.84. The number of fused-ring (bicyclic) bond motifs is 1. The molecule has 0 saturated heterocycles. The fraction of sp³-hybridized carbons (Fsp3) is 0.200.